The van der Waals surface area contributed by atoms with Gasteiger partial charge in [-0.05, 0) is 54.7 Å². The first-order valence-electron chi connectivity index (χ1n) is 9.48. The highest BCUT2D eigenvalue weighted by Gasteiger charge is 2.19. The van der Waals surface area contributed by atoms with Crippen molar-refractivity contribution in [3.8, 4) is 0 Å². The zero-order valence-electron chi connectivity index (χ0n) is 16.0. The predicted molar refractivity (Wildman–Crippen MR) is 108 cm³/mol. The van der Waals surface area contributed by atoms with E-state index in [-0.39, 0.29) is 29.8 Å². The quantitative estimate of drug-likeness (QED) is 0.697. The van der Waals surface area contributed by atoms with Crippen molar-refractivity contribution in [1.82, 2.24) is 4.90 Å². The molecule has 154 valence electrons. The molecule has 0 unspecified atom stereocenters. The van der Waals surface area contributed by atoms with E-state index in [2.05, 4.69) is 0 Å². The van der Waals surface area contributed by atoms with Crippen molar-refractivity contribution >= 4 is 21.9 Å². The molecular weight excluding hydrogens is 392 g/mol. The summed E-state index contributed by atoms with van der Waals surface area (Å²) in [6.45, 7) is 1.76. The molecule has 1 heterocycles. The van der Waals surface area contributed by atoms with Gasteiger partial charge in [-0.2, -0.15) is 0 Å². The number of primary sulfonamides is 1. The number of esters is 1. The lowest BCUT2D eigenvalue weighted by Gasteiger charge is -2.15. The van der Waals surface area contributed by atoms with Gasteiger partial charge in [0.2, 0.25) is 10.0 Å². The highest BCUT2D eigenvalue weighted by atomic mass is 32.2. The number of carbonyl (C=O) groups is 2. The molecule has 2 aromatic carbocycles. The lowest BCUT2D eigenvalue weighted by Crippen LogP contribution is -2.27. The highest BCUT2D eigenvalue weighted by molar-refractivity contribution is 7.89. The molecular formula is C21H24N2O5S. The minimum atomic E-state index is -3.72. The van der Waals surface area contributed by atoms with E-state index in [0.717, 1.165) is 37.1 Å². The van der Waals surface area contributed by atoms with E-state index in [9.17, 15) is 18.0 Å². The van der Waals surface area contributed by atoms with Crippen LogP contribution in [0.5, 0.6) is 0 Å². The SMILES string of the molecule is NS(=O)(=O)c1ccc(CCC(=O)OCc2ccc(C(=O)N3CCCC3)cc2)cc1. The van der Waals surface area contributed by atoms with Crippen molar-refractivity contribution in [3.63, 3.8) is 0 Å². The Hall–Kier alpha value is -2.71. The monoisotopic (exact) mass is 416 g/mol. The first kappa shape index (κ1) is 21.0. The average Bonchev–Trinajstić information content (AvgIpc) is 3.25. The first-order valence-corrected chi connectivity index (χ1v) is 11.0. The average molecular weight is 416 g/mol. The summed E-state index contributed by atoms with van der Waals surface area (Å²) >= 11 is 0. The number of ether oxygens (including phenoxy) is 1. The number of sulfonamides is 1. The Morgan fingerprint density at radius 1 is 0.931 bits per heavy atom. The van der Waals surface area contributed by atoms with Gasteiger partial charge in [0.15, 0.2) is 0 Å². The van der Waals surface area contributed by atoms with Crippen LogP contribution in [0.1, 0.15) is 40.7 Å². The molecule has 29 heavy (non-hydrogen) atoms. The summed E-state index contributed by atoms with van der Waals surface area (Å²) in [7, 11) is -3.72. The maximum Gasteiger partial charge on any atom is 0.306 e. The number of nitrogens with two attached hydrogens (primary N) is 1. The number of hydrogen-bond donors (Lipinski definition) is 1. The molecule has 3 rings (SSSR count). The lowest BCUT2D eigenvalue weighted by atomic mass is 10.1. The molecule has 7 nitrogen and oxygen atoms in total. The molecule has 0 aromatic heterocycles. The van der Waals surface area contributed by atoms with Gasteiger partial charge in [0.1, 0.15) is 6.61 Å². The summed E-state index contributed by atoms with van der Waals surface area (Å²) in [5.74, 6) is -0.308. The Morgan fingerprint density at radius 2 is 1.52 bits per heavy atom. The molecule has 2 N–H and O–H groups in total. The van der Waals surface area contributed by atoms with Gasteiger partial charge in [-0.15, -0.1) is 0 Å². The van der Waals surface area contributed by atoms with Gasteiger partial charge in [0.05, 0.1) is 4.90 Å². The second-order valence-corrected chi connectivity index (χ2v) is 8.61. The maximum absolute atomic E-state index is 12.3. The molecule has 1 aliphatic heterocycles. The second kappa shape index (κ2) is 9.19. The molecule has 1 amide bonds. The largest absolute Gasteiger partial charge is 0.461 e. The summed E-state index contributed by atoms with van der Waals surface area (Å²) in [4.78, 5) is 26.2. The van der Waals surface area contributed by atoms with Gasteiger partial charge in [-0.3, -0.25) is 9.59 Å². The summed E-state index contributed by atoms with van der Waals surface area (Å²) in [6, 6.07) is 13.2. The van der Waals surface area contributed by atoms with E-state index in [1.54, 1.807) is 36.4 Å². The van der Waals surface area contributed by atoms with Crippen molar-refractivity contribution in [2.45, 2.75) is 37.2 Å². The van der Waals surface area contributed by atoms with Crippen LogP contribution in [0.15, 0.2) is 53.4 Å². The van der Waals surface area contributed by atoms with Crippen LogP contribution in [-0.2, 0) is 32.6 Å². The summed E-state index contributed by atoms with van der Waals surface area (Å²) in [5, 5.41) is 5.06. The van der Waals surface area contributed by atoms with Gasteiger partial charge >= 0.3 is 5.97 Å². The lowest BCUT2D eigenvalue weighted by molar-refractivity contribution is -0.144. The van der Waals surface area contributed by atoms with Crippen LogP contribution in [0.3, 0.4) is 0 Å². The Labute approximate surface area is 170 Å². The summed E-state index contributed by atoms with van der Waals surface area (Å²) in [6.07, 6.45) is 2.72. The molecule has 1 saturated heterocycles. The fourth-order valence-electron chi connectivity index (χ4n) is 3.17. The van der Waals surface area contributed by atoms with Gasteiger partial charge in [-0.25, -0.2) is 13.6 Å². The predicted octanol–water partition coefficient (Wildman–Crippen LogP) is 2.25. The molecule has 0 saturated carbocycles. The first-order chi connectivity index (χ1) is 13.8. The van der Waals surface area contributed by atoms with Gasteiger partial charge in [-0.1, -0.05) is 24.3 Å². The van der Waals surface area contributed by atoms with Crippen molar-refractivity contribution in [2.75, 3.05) is 13.1 Å². The summed E-state index contributed by atoms with van der Waals surface area (Å²) < 4.78 is 27.8. The minimum absolute atomic E-state index is 0.0375. The molecule has 2 aromatic rings. The number of amides is 1. The van der Waals surface area contributed by atoms with Crippen LogP contribution in [0.25, 0.3) is 0 Å². The van der Waals surface area contributed by atoms with Crippen molar-refractivity contribution in [1.29, 1.82) is 0 Å². The second-order valence-electron chi connectivity index (χ2n) is 7.05. The zero-order valence-corrected chi connectivity index (χ0v) is 16.9. The summed E-state index contributed by atoms with van der Waals surface area (Å²) in [5.41, 5.74) is 2.28. The van der Waals surface area contributed by atoms with Crippen LogP contribution in [0, 0.1) is 0 Å². The Bertz CT molecular complexity index is 963. The van der Waals surface area contributed by atoms with E-state index < -0.39 is 10.0 Å². The third-order valence-corrected chi connectivity index (χ3v) is 5.79. The van der Waals surface area contributed by atoms with Crippen molar-refractivity contribution in [2.24, 2.45) is 5.14 Å². The maximum atomic E-state index is 12.3. The van der Waals surface area contributed by atoms with E-state index in [0.29, 0.717) is 12.0 Å². The fraction of sp³-hybridized carbons (Fsp3) is 0.333. The third-order valence-electron chi connectivity index (χ3n) is 4.86. The number of nitrogens with zero attached hydrogens (tertiary/aromatic N) is 1. The zero-order chi connectivity index (χ0) is 20.9. The third kappa shape index (κ3) is 5.88. The van der Waals surface area contributed by atoms with Crippen molar-refractivity contribution in [3.05, 3.63) is 65.2 Å². The molecule has 0 radical (unpaired) electrons. The molecule has 1 aliphatic rings. The van der Waals surface area contributed by atoms with Crippen LogP contribution < -0.4 is 5.14 Å². The number of carbonyl (C=O) groups excluding carboxylic acids is 2. The van der Waals surface area contributed by atoms with E-state index in [4.69, 9.17) is 9.88 Å². The van der Waals surface area contributed by atoms with Crippen molar-refractivity contribution < 1.29 is 22.7 Å². The standard InChI is InChI=1S/C21H24N2O5S/c22-29(26,27)19-10-5-16(6-11-19)7-12-20(24)28-15-17-3-8-18(9-4-17)21(25)23-13-1-2-14-23/h3-6,8-11H,1-2,7,12-15H2,(H2,22,26,27). The number of benzene rings is 2. The fourth-order valence-corrected chi connectivity index (χ4v) is 3.69. The van der Waals surface area contributed by atoms with Crippen LogP contribution >= 0.6 is 0 Å². The number of aryl methyl sites for hydroxylation is 1. The van der Waals surface area contributed by atoms with Crippen LogP contribution in [0.4, 0.5) is 0 Å². The van der Waals surface area contributed by atoms with Gasteiger partial charge < -0.3 is 9.64 Å². The molecule has 0 bridgehead atoms. The molecule has 0 spiro atoms. The normalized spacial score (nSPS) is 14.0. The molecule has 1 fully saturated rings. The van der Waals surface area contributed by atoms with E-state index in [1.807, 2.05) is 4.90 Å². The van der Waals surface area contributed by atoms with E-state index in [1.165, 1.54) is 12.1 Å². The number of rotatable bonds is 7. The van der Waals surface area contributed by atoms with Gasteiger partial charge in [0, 0.05) is 25.1 Å². The molecule has 0 aliphatic carbocycles. The Morgan fingerprint density at radius 3 is 2.10 bits per heavy atom. The molecule has 0 atom stereocenters. The minimum Gasteiger partial charge on any atom is -0.461 e. The van der Waals surface area contributed by atoms with Crippen LogP contribution in [-0.4, -0.2) is 38.3 Å². The Balaban J connectivity index is 1.45. The Kier molecular flexibility index (Phi) is 6.66. The van der Waals surface area contributed by atoms with E-state index >= 15 is 0 Å². The number of hydrogen-bond acceptors (Lipinski definition) is 5. The molecule has 8 heteroatoms. The van der Waals surface area contributed by atoms with Gasteiger partial charge in [0.25, 0.3) is 5.91 Å². The number of likely N-dealkylation sites (tertiary alicyclic amines) is 1. The highest BCUT2D eigenvalue weighted by Crippen LogP contribution is 2.15. The smallest absolute Gasteiger partial charge is 0.306 e. The van der Waals surface area contributed by atoms with Crippen LogP contribution in [0.2, 0.25) is 0 Å². The topological polar surface area (TPSA) is 107 Å².